The Kier molecular flexibility index (Phi) is 9.88. The molecule has 0 aromatic heterocycles. The molecule has 2 rings (SSSR count). The predicted octanol–water partition coefficient (Wildman–Crippen LogP) is 4.44. The first-order chi connectivity index (χ1) is 9.30. The van der Waals surface area contributed by atoms with Crippen LogP contribution < -0.4 is 5.32 Å². The van der Waals surface area contributed by atoms with Gasteiger partial charge in [0.2, 0.25) is 0 Å². The van der Waals surface area contributed by atoms with E-state index in [2.05, 4.69) is 82.2 Å². The van der Waals surface area contributed by atoms with E-state index in [4.69, 9.17) is 0 Å². The number of halogens is 4. The highest BCUT2D eigenvalue weighted by molar-refractivity contribution is 14.1. The van der Waals surface area contributed by atoms with Crippen molar-refractivity contribution >= 4 is 70.0 Å². The number of nitrogens with one attached hydrogen (secondary N) is 1. The zero-order chi connectivity index (χ0) is 14.9. The van der Waals surface area contributed by atoms with Crippen LogP contribution in [0, 0.1) is 12.6 Å². The molecule has 3 nitrogen and oxygen atoms in total. The highest BCUT2D eigenvalue weighted by atomic mass is 127. The second-order valence-electron chi connectivity index (χ2n) is 6.38. The largest absolute Gasteiger partial charge is 0.506 e. The molecule has 7 heteroatoms. The third-order valence-electron chi connectivity index (χ3n) is 3.69. The van der Waals surface area contributed by atoms with Gasteiger partial charge in [-0.1, -0.05) is 20.8 Å². The van der Waals surface area contributed by atoms with Gasteiger partial charge in [0.25, 0.3) is 0 Å². The third-order valence-corrected chi connectivity index (χ3v) is 5.13. The van der Waals surface area contributed by atoms with Crippen LogP contribution in [0.15, 0.2) is 12.1 Å². The van der Waals surface area contributed by atoms with E-state index < -0.39 is 0 Å². The van der Waals surface area contributed by atoms with Crippen molar-refractivity contribution in [3.63, 3.8) is 0 Å². The van der Waals surface area contributed by atoms with Crippen LogP contribution in [0.5, 0.6) is 5.75 Å². The van der Waals surface area contributed by atoms with E-state index in [1.807, 2.05) is 6.07 Å². The standard InChI is InChI=1S/C15H22I2N2O.2ClH/c1-15(2,3)14(19-6-4-18-5-7-19)11-8-10(16)9-12(17)13(11)20;;/h8-9,14,18,20H,4-7H2,1-3H3;2*1H/t14-;;/m1../s1. The Bertz CT molecular complexity index is 489. The number of rotatable bonds is 2. The normalized spacial score (nSPS) is 17.3. The average molecular weight is 573 g/mol. The molecular formula is C15H24Cl2I2N2O. The molecule has 22 heavy (non-hydrogen) atoms. The molecule has 128 valence electrons. The Hall–Kier alpha value is 0.980. The lowest BCUT2D eigenvalue weighted by molar-refractivity contribution is 0.0841. The molecule has 0 aliphatic carbocycles. The number of aromatic hydroxyl groups is 1. The predicted molar refractivity (Wildman–Crippen MR) is 115 cm³/mol. The van der Waals surface area contributed by atoms with E-state index in [1.54, 1.807) is 0 Å². The van der Waals surface area contributed by atoms with Crippen molar-refractivity contribution in [2.24, 2.45) is 5.41 Å². The molecule has 1 atom stereocenters. The fourth-order valence-electron chi connectivity index (χ4n) is 2.95. The van der Waals surface area contributed by atoms with Gasteiger partial charge in [-0.2, -0.15) is 0 Å². The van der Waals surface area contributed by atoms with Crippen molar-refractivity contribution in [2.75, 3.05) is 26.2 Å². The number of piperazine rings is 1. The average Bonchev–Trinajstić information content (AvgIpc) is 2.35. The van der Waals surface area contributed by atoms with Crippen LogP contribution in [-0.4, -0.2) is 36.2 Å². The van der Waals surface area contributed by atoms with E-state index in [1.165, 1.54) is 3.57 Å². The van der Waals surface area contributed by atoms with Gasteiger partial charge in [-0.05, 0) is 62.7 Å². The first-order valence-corrected chi connectivity index (χ1v) is 9.09. The van der Waals surface area contributed by atoms with Gasteiger partial charge in [0, 0.05) is 41.4 Å². The number of benzene rings is 1. The monoisotopic (exact) mass is 572 g/mol. The van der Waals surface area contributed by atoms with Crippen molar-refractivity contribution in [3.05, 3.63) is 24.8 Å². The number of hydrogen-bond acceptors (Lipinski definition) is 3. The van der Waals surface area contributed by atoms with Gasteiger partial charge in [0.1, 0.15) is 5.75 Å². The molecule has 0 bridgehead atoms. The minimum Gasteiger partial charge on any atom is -0.506 e. The van der Waals surface area contributed by atoms with Gasteiger partial charge in [-0.15, -0.1) is 24.8 Å². The molecule has 1 fully saturated rings. The van der Waals surface area contributed by atoms with Gasteiger partial charge >= 0.3 is 0 Å². The van der Waals surface area contributed by atoms with E-state index >= 15 is 0 Å². The second kappa shape index (κ2) is 9.46. The molecule has 0 amide bonds. The quantitative estimate of drug-likeness (QED) is 0.515. The van der Waals surface area contributed by atoms with Crippen molar-refractivity contribution in [1.29, 1.82) is 0 Å². The van der Waals surface area contributed by atoms with Crippen LogP contribution in [-0.2, 0) is 0 Å². The number of phenolic OH excluding ortho intramolecular Hbond substituents is 1. The fourth-order valence-corrected chi connectivity index (χ4v) is 4.84. The minimum absolute atomic E-state index is 0. The van der Waals surface area contributed by atoms with Crippen LogP contribution in [0.4, 0.5) is 0 Å². The van der Waals surface area contributed by atoms with Gasteiger partial charge in [-0.25, -0.2) is 0 Å². The van der Waals surface area contributed by atoms with Gasteiger partial charge in [-0.3, -0.25) is 4.90 Å². The second-order valence-corrected chi connectivity index (χ2v) is 8.79. The Morgan fingerprint density at radius 1 is 1.14 bits per heavy atom. The summed E-state index contributed by atoms with van der Waals surface area (Å²) < 4.78 is 2.12. The minimum atomic E-state index is 0. The summed E-state index contributed by atoms with van der Waals surface area (Å²) in [5.74, 6) is 0.449. The van der Waals surface area contributed by atoms with Crippen molar-refractivity contribution in [3.8, 4) is 5.75 Å². The molecule has 1 saturated heterocycles. The van der Waals surface area contributed by atoms with E-state index in [0.29, 0.717) is 5.75 Å². The smallest absolute Gasteiger partial charge is 0.133 e. The number of phenols is 1. The Balaban J connectivity index is 0.00000220. The summed E-state index contributed by atoms with van der Waals surface area (Å²) in [5, 5.41) is 13.9. The molecule has 1 aliphatic rings. The molecule has 0 unspecified atom stereocenters. The molecular weight excluding hydrogens is 549 g/mol. The zero-order valence-electron chi connectivity index (χ0n) is 13.0. The van der Waals surface area contributed by atoms with Gasteiger partial charge in [0.15, 0.2) is 0 Å². The Morgan fingerprint density at radius 2 is 1.68 bits per heavy atom. The maximum absolute atomic E-state index is 10.5. The maximum Gasteiger partial charge on any atom is 0.133 e. The maximum atomic E-state index is 10.5. The first-order valence-electron chi connectivity index (χ1n) is 6.93. The van der Waals surface area contributed by atoms with Crippen LogP contribution in [0.1, 0.15) is 32.4 Å². The molecule has 1 aliphatic heterocycles. The number of nitrogens with zero attached hydrogens (tertiary/aromatic N) is 1. The SMILES string of the molecule is CC(C)(C)[C@@H](c1cc(I)cc(I)c1O)N1CCNCC1.Cl.Cl. The molecule has 0 radical (unpaired) electrons. The van der Waals surface area contributed by atoms with Crippen LogP contribution in [0.25, 0.3) is 0 Å². The molecule has 0 saturated carbocycles. The number of hydrogen-bond donors (Lipinski definition) is 2. The molecule has 0 spiro atoms. The lowest BCUT2D eigenvalue weighted by Gasteiger charge is -2.43. The summed E-state index contributed by atoms with van der Waals surface area (Å²) >= 11 is 4.56. The van der Waals surface area contributed by atoms with Crippen molar-refractivity contribution in [1.82, 2.24) is 10.2 Å². The van der Waals surface area contributed by atoms with Crippen LogP contribution in [0.2, 0.25) is 0 Å². The topological polar surface area (TPSA) is 35.5 Å². The van der Waals surface area contributed by atoms with Crippen LogP contribution in [0.3, 0.4) is 0 Å². The van der Waals surface area contributed by atoms with Gasteiger partial charge in [0.05, 0.1) is 3.57 Å². The fraction of sp³-hybridized carbons (Fsp3) is 0.600. The lowest BCUT2D eigenvalue weighted by atomic mass is 9.80. The summed E-state index contributed by atoms with van der Waals surface area (Å²) in [5.41, 5.74) is 1.15. The third kappa shape index (κ3) is 5.51. The zero-order valence-corrected chi connectivity index (χ0v) is 19.0. The summed E-state index contributed by atoms with van der Waals surface area (Å²) in [6, 6.07) is 4.40. The highest BCUT2D eigenvalue weighted by Crippen LogP contribution is 2.43. The van der Waals surface area contributed by atoms with E-state index in [9.17, 15) is 5.11 Å². The molecule has 1 heterocycles. The van der Waals surface area contributed by atoms with Crippen LogP contribution >= 0.6 is 70.0 Å². The molecule has 1 aromatic carbocycles. The summed E-state index contributed by atoms with van der Waals surface area (Å²) in [7, 11) is 0. The molecule has 1 aromatic rings. The van der Waals surface area contributed by atoms with Crippen molar-refractivity contribution in [2.45, 2.75) is 26.8 Å². The first kappa shape index (κ1) is 23.0. The Labute approximate surface area is 173 Å². The Morgan fingerprint density at radius 3 is 2.18 bits per heavy atom. The highest BCUT2D eigenvalue weighted by Gasteiger charge is 2.34. The summed E-state index contributed by atoms with van der Waals surface area (Å²) in [4.78, 5) is 2.50. The van der Waals surface area contributed by atoms with Crippen molar-refractivity contribution < 1.29 is 5.11 Å². The molecule has 2 N–H and O–H groups in total. The summed E-state index contributed by atoms with van der Waals surface area (Å²) in [6.45, 7) is 10.9. The van der Waals surface area contributed by atoms with Gasteiger partial charge < -0.3 is 10.4 Å². The van der Waals surface area contributed by atoms with E-state index in [-0.39, 0.29) is 36.3 Å². The summed E-state index contributed by atoms with van der Waals surface area (Å²) in [6.07, 6.45) is 0. The van der Waals surface area contributed by atoms with E-state index in [0.717, 1.165) is 35.3 Å². The lowest BCUT2D eigenvalue weighted by Crippen LogP contribution is -2.48.